The third-order valence-corrected chi connectivity index (χ3v) is 3.97. The molecule has 0 spiro atoms. The summed E-state index contributed by atoms with van der Waals surface area (Å²) in [7, 11) is 0. The van der Waals surface area contributed by atoms with E-state index in [1.54, 1.807) is 6.26 Å². The van der Waals surface area contributed by atoms with E-state index in [2.05, 4.69) is 10.4 Å². The molecule has 3 rings (SSSR count). The molecule has 0 atom stereocenters. The number of nitrogens with zero attached hydrogens (tertiary/aromatic N) is 2. The lowest BCUT2D eigenvalue weighted by Gasteiger charge is -2.07. The summed E-state index contributed by atoms with van der Waals surface area (Å²) in [4.78, 5) is 11.7. The standard InChI is InChI=1S/C16H21N3O2/c1-11-16(14-4-3-9-21-14)12(2)19(18-11)8-7-17-15(20)10-13-5-6-13/h3-4,9,13H,5-8,10H2,1-2H3,(H,17,20). The fraction of sp³-hybridized carbons (Fsp3) is 0.500. The van der Waals surface area contributed by atoms with Crippen molar-refractivity contribution in [1.29, 1.82) is 0 Å². The zero-order valence-corrected chi connectivity index (χ0v) is 12.6. The molecule has 5 heteroatoms. The van der Waals surface area contributed by atoms with E-state index in [1.165, 1.54) is 12.8 Å². The summed E-state index contributed by atoms with van der Waals surface area (Å²) in [6, 6.07) is 3.82. The van der Waals surface area contributed by atoms with Crippen LogP contribution in [0.1, 0.15) is 30.7 Å². The molecule has 2 aromatic heterocycles. The van der Waals surface area contributed by atoms with Gasteiger partial charge in [0.1, 0.15) is 5.76 Å². The normalized spacial score (nSPS) is 14.4. The lowest BCUT2D eigenvalue weighted by molar-refractivity contribution is -0.121. The Balaban J connectivity index is 1.60. The van der Waals surface area contributed by atoms with E-state index >= 15 is 0 Å². The monoisotopic (exact) mass is 287 g/mol. The average Bonchev–Trinajstić information content (AvgIpc) is 2.99. The maximum atomic E-state index is 11.7. The highest BCUT2D eigenvalue weighted by molar-refractivity contribution is 5.76. The van der Waals surface area contributed by atoms with Crippen LogP contribution >= 0.6 is 0 Å². The van der Waals surface area contributed by atoms with Gasteiger partial charge in [0.05, 0.1) is 24.1 Å². The number of hydrogen-bond acceptors (Lipinski definition) is 3. The van der Waals surface area contributed by atoms with Crippen molar-refractivity contribution >= 4 is 5.91 Å². The van der Waals surface area contributed by atoms with Gasteiger partial charge in [0.15, 0.2) is 0 Å². The molecule has 1 N–H and O–H groups in total. The molecule has 5 nitrogen and oxygen atoms in total. The van der Waals surface area contributed by atoms with Crippen molar-refractivity contribution in [3.63, 3.8) is 0 Å². The van der Waals surface area contributed by atoms with Crippen LogP contribution in [-0.4, -0.2) is 22.2 Å². The summed E-state index contributed by atoms with van der Waals surface area (Å²) in [5.74, 6) is 1.63. The van der Waals surface area contributed by atoms with Gasteiger partial charge in [-0.1, -0.05) is 0 Å². The van der Waals surface area contributed by atoms with Crippen LogP contribution in [0, 0.1) is 19.8 Å². The van der Waals surface area contributed by atoms with Crippen LogP contribution in [0.3, 0.4) is 0 Å². The Morgan fingerprint density at radius 2 is 2.29 bits per heavy atom. The molecule has 1 aliphatic carbocycles. The SMILES string of the molecule is Cc1nn(CCNC(=O)CC2CC2)c(C)c1-c1ccco1. The van der Waals surface area contributed by atoms with E-state index in [9.17, 15) is 4.79 Å². The molecule has 1 fully saturated rings. The zero-order chi connectivity index (χ0) is 14.8. The van der Waals surface area contributed by atoms with Crippen molar-refractivity contribution in [2.75, 3.05) is 6.54 Å². The van der Waals surface area contributed by atoms with E-state index in [0.717, 1.165) is 22.7 Å². The molecule has 0 saturated heterocycles. The highest BCUT2D eigenvalue weighted by Crippen LogP contribution is 2.32. The molecule has 1 amide bonds. The number of rotatable bonds is 6. The Morgan fingerprint density at radius 1 is 1.48 bits per heavy atom. The third kappa shape index (κ3) is 3.17. The molecular weight excluding hydrogens is 266 g/mol. The van der Waals surface area contributed by atoms with Gasteiger partial charge in [0.2, 0.25) is 5.91 Å². The van der Waals surface area contributed by atoms with Crippen molar-refractivity contribution in [3.8, 4) is 11.3 Å². The van der Waals surface area contributed by atoms with Crippen LogP contribution < -0.4 is 5.32 Å². The Hall–Kier alpha value is -2.04. The molecule has 2 heterocycles. The minimum absolute atomic E-state index is 0.158. The fourth-order valence-corrected chi connectivity index (χ4v) is 2.65. The molecule has 0 unspecified atom stereocenters. The van der Waals surface area contributed by atoms with Gasteiger partial charge in [0, 0.05) is 18.7 Å². The second-order valence-corrected chi connectivity index (χ2v) is 5.74. The first kappa shape index (κ1) is 13.9. The Kier molecular flexibility index (Phi) is 3.82. The summed E-state index contributed by atoms with van der Waals surface area (Å²) < 4.78 is 7.40. The van der Waals surface area contributed by atoms with Crippen molar-refractivity contribution in [3.05, 3.63) is 29.8 Å². The zero-order valence-electron chi connectivity index (χ0n) is 12.6. The van der Waals surface area contributed by atoms with Crippen LogP contribution in [0.15, 0.2) is 22.8 Å². The number of carbonyl (C=O) groups excluding carboxylic acids is 1. The van der Waals surface area contributed by atoms with E-state index in [4.69, 9.17) is 4.42 Å². The second kappa shape index (κ2) is 5.76. The van der Waals surface area contributed by atoms with Crippen molar-refractivity contribution in [2.45, 2.75) is 39.7 Å². The molecule has 0 aliphatic heterocycles. The lowest BCUT2D eigenvalue weighted by atomic mass is 10.1. The first-order chi connectivity index (χ1) is 10.1. The van der Waals surface area contributed by atoms with Gasteiger partial charge in [-0.3, -0.25) is 9.48 Å². The largest absolute Gasteiger partial charge is 0.464 e. The van der Waals surface area contributed by atoms with Crippen LogP contribution in [0.2, 0.25) is 0 Å². The molecule has 0 bridgehead atoms. The molecule has 0 radical (unpaired) electrons. The van der Waals surface area contributed by atoms with Gasteiger partial charge in [0.25, 0.3) is 0 Å². The fourth-order valence-electron chi connectivity index (χ4n) is 2.65. The summed E-state index contributed by atoms with van der Waals surface area (Å²) in [5, 5.41) is 7.51. The molecule has 1 saturated carbocycles. The highest BCUT2D eigenvalue weighted by atomic mass is 16.3. The molecule has 21 heavy (non-hydrogen) atoms. The number of nitrogens with one attached hydrogen (secondary N) is 1. The van der Waals surface area contributed by atoms with Crippen LogP contribution in [0.25, 0.3) is 11.3 Å². The van der Waals surface area contributed by atoms with E-state index in [-0.39, 0.29) is 5.91 Å². The Morgan fingerprint density at radius 3 is 2.95 bits per heavy atom. The number of amides is 1. The topological polar surface area (TPSA) is 60.1 Å². The number of hydrogen-bond donors (Lipinski definition) is 1. The number of aryl methyl sites for hydroxylation is 1. The van der Waals surface area contributed by atoms with Crippen LogP contribution in [0.5, 0.6) is 0 Å². The average molecular weight is 287 g/mol. The van der Waals surface area contributed by atoms with Gasteiger partial charge < -0.3 is 9.73 Å². The van der Waals surface area contributed by atoms with Gasteiger partial charge in [-0.25, -0.2) is 0 Å². The predicted molar refractivity (Wildman–Crippen MR) is 79.8 cm³/mol. The molecular formula is C16H21N3O2. The predicted octanol–water partition coefficient (Wildman–Crippen LogP) is 2.68. The number of furan rings is 1. The lowest BCUT2D eigenvalue weighted by Crippen LogP contribution is -2.27. The number of aromatic nitrogens is 2. The Labute approximate surface area is 124 Å². The second-order valence-electron chi connectivity index (χ2n) is 5.74. The molecule has 0 aromatic carbocycles. The molecule has 112 valence electrons. The highest BCUT2D eigenvalue weighted by Gasteiger charge is 2.24. The van der Waals surface area contributed by atoms with Gasteiger partial charge in [-0.2, -0.15) is 5.10 Å². The van der Waals surface area contributed by atoms with E-state index in [1.807, 2.05) is 30.7 Å². The molecule has 1 aliphatic rings. The Bertz CT molecular complexity index is 624. The minimum Gasteiger partial charge on any atom is -0.464 e. The summed E-state index contributed by atoms with van der Waals surface area (Å²) in [6.45, 7) is 5.31. The van der Waals surface area contributed by atoms with Crippen molar-refractivity contribution in [1.82, 2.24) is 15.1 Å². The summed E-state index contributed by atoms with van der Waals surface area (Å²) >= 11 is 0. The first-order valence-electron chi connectivity index (χ1n) is 7.49. The first-order valence-corrected chi connectivity index (χ1v) is 7.49. The van der Waals surface area contributed by atoms with Gasteiger partial charge >= 0.3 is 0 Å². The quantitative estimate of drug-likeness (QED) is 0.888. The van der Waals surface area contributed by atoms with Crippen molar-refractivity contribution < 1.29 is 9.21 Å². The van der Waals surface area contributed by atoms with Gasteiger partial charge in [-0.05, 0) is 44.7 Å². The van der Waals surface area contributed by atoms with Crippen LogP contribution in [-0.2, 0) is 11.3 Å². The smallest absolute Gasteiger partial charge is 0.220 e. The summed E-state index contributed by atoms with van der Waals surface area (Å²) in [6.07, 6.45) is 4.76. The van der Waals surface area contributed by atoms with Crippen LogP contribution in [0.4, 0.5) is 0 Å². The third-order valence-electron chi connectivity index (χ3n) is 3.97. The van der Waals surface area contributed by atoms with E-state index < -0.39 is 0 Å². The molecule has 2 aromatic rings. The maximum Gasteiger partial charge on any atom is 0.220 e. The van der Waals surface area contributed by atoms with Crippen molar-refractivity contribution in [2.24, 2.45) is 5.92 Å². The number of carbonyl (C=O) groups is 1. The van der Waals surface area contributed by atoms with E-state index in [0.29, 0.717) is 25.4 Å². The maximum absolute atomic E-state index is 11.7. The summed E-state index contributed by atoms with van der Waals surface area (Å²) in [5.41, 5.74) is 3.06. The minimum atomic E-state index is 0.158. The van der Waals surface area contributed by atoms with Gasteiger partial charge in [-0.15, -0.1) is 0 Å².